The summed E-state index contributed by atoms with van der Waals surface area (Å²) < 4.78 is 5.60. The first-order chi connectivity index (χ1) is 10.0. The highest BCUT2D eigenvalue weighted by Crippen LogP contribution is 2.31. The molecule has 1 aromatic rings. The molecule has 3 atom stereocenters. The number of hydrogen-bond acceptors (Lipinski definition) is 4. The van der Waals surface area contributed by atoms with Crippen LogP contribution in [0.15, 0.2) is 18.2 Å². The molecule has 1 aromatic carbocycles. The zero-order valence-electron chi connectivity index (χ0n) is 12.0. The average molecular weight is 334 g/mol. The molecular weight excluding hydrogens is 313 g/mol. The maximum Gasteiger partial charge on any atom is 0.0936 e. The van der Waals surface area contributed by atoms with Gasteiger partial charge in [-0.3, -0.25) is 4.90 Å². The summed E-state index contributed by atoms with van der Waals surface area (Å²) in [4.78, 5) is 2.19. The highest BCUT2D eigenvalue weighted by Gasteiger charge is 2.25. The molecule has 0 aromatic heterocycles. The van der Waals surface area contributed by atoms with E-state index in [1.165, 1.54) is 0 Å². The number of aliphatic hydroxyl groups excluding tert-OH is 2. The van der Waals surface area contributed by atoms with Gasteiger partial charge in [-0.15, -0.1) is 0 Å². The monoisotopic (exact) mass is 333 g/mol. The van der Waals surface area contributed by atoms with E-state index in [9.17, 15) is 10.2 Å². The molecule has 0 amide bonds. The summed E-state index contributed by atoms with van der Waals surface area (Å²) in [6.07, 6.45) is -0.157. The Balaban J connectivity index is 1.91. The van der Waals surface area contributed by atoms with E-state index in [2.05, 4.69) is 4.90 Å². The summed E-state index contributed by atoms with van der Waals surface area (Å²) in [6, 6.07) is 5.28. The van der Waals surface area contributed by atoms with E-state index in [0.29, 0.717) is 35.1 Å². The summed E-state index contributed by atoms with van der Waals surface area (Å²) in [6.45, 7) is 4.19. The van der Waals surface area contributed by atoms with E-state index in [1.807, 2.05) is 6.92 Å². The molecule has 0 bridgehead atoms. The smallest absolute Gasteiger partial charge is 0.0936 e. The first-order valence-corrected chi connectivity index (χ1v) is 7.87. The topological polar surface area (TPSA) is 52.9 Å². The maximum atomic E-state index is 10.3. The lowest BCUT2D eigenvalue weighted by molar-refractivity contribution is -0.0967. The molecule has 1 aliphatic rings. The van der Waals surface area contributed by atoms with Crippen molar-refractivity contribution in [2.75, 3.05) is 26.2 Å². The maximum absolute atomic E-state index is 10.3. The van der Waals surface area contributed by atoms with Crippen molar-refractivity contribution in [3.8, 4) is 0 Å². The largest absolute Gasteiger partial charge is 0.394 e. The van der Waals surface area contributed by atoms with Gasteiger partial charge in [-0.05, 0) is 19.4 Å². The van der Waals surface area contributed by atoms with Crippen LogP contribution < -0.4 is 0 Å². The summed E-state index contributed by atoms with van der Waals surface area (Å²) >= 11 is 12.1. The second-order valence-corrected chi connectivity index (χ2v) is 6.24. The van der Waals surface area contributed by atoms with E-state index >= 15 is 0 Å². The molecule has 1 saturated heterocycles. The standard InChI is InChI=1S/C15H21Cl2NO3/c1-10-7-18(8-11(9-19)21-10)6-5-14(20)12-3-2-4-13(16)15(12)17/h2-4,10-11,14,19-20H,5-9H2,1H3. The molecule has 3 unspecified atom stereocenters. The van der Waals surface area contributed by atoms with Crippen LogP contribution in [0.25, 0.3) is 0 Å². The van der Waals surface area contributed by atoms with Gasteiger partial charge in [0.05, 0.1) is 35.0 Å². The number of rotatable bonds is 5. The summed E-state index contributed by atoms with van der Waals surface area (Å²) in [5, 5.41) is 20.4. The van der Waals surface area contributed by atoms with Crippen LogP contribution in [0.4, 0.5) is 0 Å². The Morgan fingerprint density at radius 3 is 2.86 bits per heavy atom. The predicted molar refractivity (Wildman–Crippen MR) is 83.9 cm³/mol. The van der Waals surface area contributed by atoms with Gasteiger partial charge in [0.1, 0.15) is 0 Å². The number of ether oxygens (including phenoxy) is 1. The lowest BCUT2D eigenvalue weighted by atomic mass is 10.1. The molecule has 1 fully saturated rings. The fourth-order valence-electron chi connectivity index (χ4n) is 2.66. The van der Waals surface area contributed by atoms with Crippen LogP contribution in [-0.2, 0) is 4.74 Å². The van der Waals surface area contributed by atoms with Gasteiger partial charge in [0.15, 0.2) is 0 Å². The van der Waals surface area contributed by atoms with Crippen molar-refractivity contribution < 1.29 is 14.9 Å². The van der Waals surface area contributed by atoms with E-state index < -0.39 is 6.10 Å². The van der Waals surface area contributed by atoms with Gasteiger partial charge in [0.25, 0.3) is 0 Å². The van der Waals surface area contributed by atoms with Crippen molar-refractivity contribution in [1.82, 2.24) is 4.90 Å². The number of nitrogens with zero attached hydrogens (tertiary/aromatic N) is 1. The third-order valence-electron chi connectivity index (χ3n) is 3.66. The molecule has 0 aliphatic carbocycles. The second-order valence-electron chi connectivity index (χ2n) is 5.46. The van der Waals surface area contributed by atoms with Crippen LogP contribution >= 0.6 is 23.2 Å². The average Bonchev–Trinajstić information content (AvgIpc) is 2.47. The molecule has 4 nitrogen and oxygen atoms in total. The molecule has 21 heavy (non-hydrogen) atoms. The van der Waals surface area contributed by atoms with Gasteiger partial charge in [-0.25, -0.2) is 0 Å². The van der Waals surface area contributed by atoms with Crippen molar-refractivity contribution in [2.24, 2.45) is 0 Å². The Bertz CT molecular complexity index is 472. The van der Waals surface area contributed by atoms with Crippen LogP contribution in [0.2, 0.25) is 10.0 Å². The zero-order chi connectivity index (χ0) is 15.4. The third-order valence-corrected chi connectivity index (χ3v) is 4.50. The Morgan fingerprint density at radius 2 is 2.14 bits per heavy atom. The second kappa shape index (κ2) is 7.77. The van der Waals surface area contributed by atoms with Crippen LogP contribution in [0.3, 0.4) is 0 Å². The minimum atomic E-state index is -0.651. The predicted octanol–water partition coefficient (Wildman–Crippen LogP) is 2.50. The van der Waals surface area contributed by atoms with Crippen molar-refractivity contribution in [3.63, 3.8) is 0 Å². The Kier molecular flexibility index (Phi) is 6.29. The summed E-state index contributed by atoms with van der Waals surface area (Å²) in [5.41, 5.74) is 0.657. The lowest BCUT2D eigenvalue weighted by Gasteiger charge is -2.36. The lowest BCUT2D eigenvalue weighted by Crippen LogP contribution is -2.48. The quantitative estimate of drug-likeness (QED) is 0.869. The summed E-state index contributed by atoms with van der Waals surface area (Å²) in [7, 11) is 0. The molecule has 0 saturated carbocycles. The summed E-state index contributed by atoms with van der Waals surface area (Å²) in [5.74, 6) is 0. The molecular formula is C15H21Cl2NO3. The van der Waals surface area contributed by atoms with E-state index in [0.717, 1.165) is 6.54 Å². The first-order valence-electron chi connectivity index (χ1n) is 7.12. The number of hydrogen-bond donors (Lipinski definition) is 2. The molecule has 2 N–H and O–H groups in total. The van der Waals surface area contributed by atoms with Crippen molar-refractivity contribution in [3.05, 3.63) is 33.8 Å². The number of benzene rings is 1. The van der Waals surface area contributed by atoms with Crippen LogP contribution in [-0.4, -0.2) is 53.6 Å². The normalized spacial score (nSPS) is 25.0. The minimum absolute atomic E-state index is 0.0174. The van der Waals surface area contributed by atoms with Gasteiger partial charge in [0.2, 0.25) is 0 Å². The highest BCUT2D eigenvalue weighted by atomic mass is 35.5. The van der Waals surface area contributed by atoms with Crippen molar-refractivity contribution in [1.29, 1.82) is 0 Å². The van der Waals surface area contributed by atoms with E-state index in [1.54, 1.807) is 18.2 Å². The van der Waals surface area contributed by atoms with Crippen molar-refractivity contribution >= 4 is 23.2 Å². The Hall–Kier alpha value is -0.360. The van der Waals surface area contributed by atoms with Gasteiger partial charge in [-0.1, -0.05) is 35.3 Å². The Labute approximate surface area is 135 Å². The van der Waals surface area contributed by atoms with Gasteiger partial charge in [-0.2, -0.15) is 0 Å². The first kappa shape index (κ1) is 17.0. The van der Waals surface area contributed by atoms with Crippen LogP contribution in [0.1, 0.15) is 25.0 Å². The van der Waals surface area contributed by atoms with Gasteiger partial charge >= 0.3 is 0 Å². The van der Waals surface area contributed by atoms with Crippen LogP contribution in [0.5, 0.6) is 0 Å². The zero-order valence-corrected chi connectivity index (χ0v) is 13.5. The van der Waals surface area contributed by atoms with Gasteiger partial charge < -0.3 is 14.9 Å². The van der Waals surface area contributed by atoms with Crippen molar-refractivity contribution in [2.45, 2.75) is 31.7 Å². The number of aliphatic hydroxyl groups is 2. The molecule has 2 rings (SSSR count). The third kappa shape index (κ3) is 4.55. The van der Waals surface area contributed by atoms with E-state index in [-0.39, 0.29) is 18.8 Å². The van der Waals surface area contributed by atoms with Crippen LogP contribution in [0, 0.1) is 0 Å². The fraction of sp³-hybridized carbons (Fsp3) is 0.600. The number of morpholine rings is 1. The number of halogens is 2. The Morgan fingerprint density at radius 1 is 1.38 bits per heavy atom. The fourth-order valence-corrected chi connectivity index (χ4v) is 3.10. The minimum Gasteiger partial charge on any atom is -0.394 e. The molecule has 1 aliphatic heterocycles. The van der Waals surface area contributed by atoms with E-state index in [4.69, 9.17) is 27.9 Å². The molecule has 118 valence electrons. The molecule has 1 heterocycles. The molecule has 6 heteroatoms. The highest BCUT2D eigenvalue weighted by molar-refractivity contribution is 6.42. The molecule has 0 spiro atoms. The van der Waals surface area contributed by atoms with Gasteiger partial charge in [0, 0.05) is 25.2 Å². The molecule has 0 radical (unpaired) electrons. The SMILES string of the molecule is CC1CN(CCC(O)c2cccc(Cl)c2Cl)CC(CO)O1.